The number of hydrogen-bond acceptors (Lipinski definition) is 2. The molecular formula is C14H21NO. The Balaban J connectivity index is 2.26. The maximum atomic E-state index is 10.6. The van der Waals surface area contributed by atoms with E-state index in [4.69, 9.17) is 0 Å². The number of pyridine rings is 1. The average molecular weight is 219 g/mol. The van der Waals surface area contributed by atoms with Crippen LogP contribution in [0.1, 0.15) is 56.3 Å². The highest BCUT2D eigenvalue weighted by atomic mass is 16.3. The number of rotatable bonds is 3. The zero-order valence-electron chi connectivity index (χ0n) is 10.2. The molecular weight excluding hydrogens is 198 g/mol. The van der Waals surface area contributed by atoms with Gasteiger partial charge < -0.3 is 5.11 Å². The fraction of sp³-hybridized carbons (Fsp3) is 0.643. The van der Waals surface area contributed by atoms with E-state index >= 15 is 0 Å². The molecule has 1 unspecified atom stereocenters. The summed E-state index contributed by atoms with van der Waals surface area (Å²) in [6, 6.07) is 2.06. The standard InChI is InChI=1S/C14H21NO/c1-3-14(6-4-5-7-14)13(16)12-8-11(2)9-15-10-12/h8-10,13,16H,3-7H2,1-2H3. The van der Waals surface area contributed by atoms with Crippen molar-refractivity contribution in [3.05, 3.63) is 29.6 Å². The van der Waals surface area contributed by atoms with Gasteiger partial charge in [-0.15, -0.1) is 0 Å². The molecule has 1 fully saturated rings. The summed E-state index contributed by atoms with van der Waals surface area (Å²) in [5.74, 6) is 0. The van der Waals surface area contributed by atoms with Gasteiger partial charge in [0.05, 0.1) is 6.10 Å². The second-order valence-corrected chi connectivity index (χ2v) is 5.12. The second-order valence-electron chi connectivity index (χ2n) is 5.12. The van der Waals surface area contributed by atoms with Crippen molar-refractivity contribution < 1.29 is 5.11 Å². The van der Waals surface area contributed by atoms with Crippen LogP contribution in [0.5, 0.6) is 0 Å². The Morgan fingerprint density at radius 2 is 2.06 bits per heavy atom. The fourth-order valence-corrected chi connectivity index (χ4v) is 2.98. The van der Waals surface area contributed by atoms with Crippen LogP contribution in [-0.2, 0) is 0 Å². The highest BCUT2D eigenvalue weighted by Gasteiger charge is 2.39. The molecule has 0 radical (unpaired) electrons. The van der Waals surface area contributed by atoms with Gasteiger partial charge in [-0.05, 0) is 37.3 Å². The maximum Gasteiger partial charge on any atom is 0.0861 e. The first-order chi connectivity index (χ1) is 7.68. The van der Waals surface area contributed by atoms with Crippen molar-refractivity contribution in [1.29, 1.82) is 0 Å². The summed E-state index contributed by atoms with van der Waals surface area (Å²) in [6.45, 7) is 4.22. The van der Waals surface area contributed by atoms with E-state index in [-0.39, 0.29) is 11.5 Å². The van der Waals surface area contributed by atoms with Crippen molar-refractivity contribution >= 4 is 0 Å². The SMILES string of the molecule is CCC1(C(O)c2cncc(C)c2)CCCC1. The lowest BCUT2D eigenvalue weighted by Crippen LogP contribution is -2.25. The third-order valence-corrected chi connectivity index (χ3v) is 4.10. The summed E-state index contributed by atoms with van der Waals surface area (Å²) in [6.07, 6.45) is 9.18. The molecule has 2 heteroatoms. The quantitative estimate of drug-likeness (QED) is 0.845. The minimum absolute atomic E-state index is 0.107. The van der Waals surface area contributed by atoms with Gasteiger partial charge in [0.1, 0.15) is 0 Å². The average Bonchev–Trinajstić information content (AvgIpc) is 2.78. The maximum absolute atomic E-state index is 10.6. The number of aromatic nitrogens is 1. The molecule has 1 aromatic rings. The molecule has 1 saturated carbocycles. The molecule has 1 aliphatic carbocycles. The van der Waals surface area contributed by atoms with Gasteiger partial charge in [0.25, 0.3) is 0 Å². The van der Waals surface area contributed by atoms with Crippen LogP contribution in [0, 0.1) is 12.3 Å². The minimum Gasteiger partial charge on any atom is -0.388 e. The summed E-state index contributed by atoms with van der Waals surface area (Å²) in [7, 11) is 0. The Bertz CT molecular complexity index is 356. The topological polar surface area (TPSA) is 33.1 Å². The molecule has 2 rings (SSSR count). The normalized spacial score (nSPS) is 20.9. The van der Waals surface area contributed by atoms with E-state index in [0.29, 0.717) is 0 Å². The third-order valence-electron chi connectivity index (χ3n) is 4.10. The highest BCUT2D eigenvalue weighted by molar-refractivity contribution is 5.21. The number of aliphatic hydroxyl groups excluding tert-OH is 1. The van der Waals surface area contributed by atoms with Crippen molar-refractivity contribution in [3.8, 4) is 0 Å². The third kappa shape index (κ3) is 1.99. The summed E-state index contributed by atoms with van der Waals surface area (Å²) in [4.78, 5) is 4.18. The van der Waals surface area contributed by atoms with Crippen molar-refractivity contribution in [2.45, 2.75) is 52.1 Å². The minimum atomic E-state index is -0.340. The van der Waals surface area contributed by atoms with Crippen molar-refractivity contribution in [3.63, 3.8) is 0 Å². The molecule has 1 aliphatic rings. The Morgan fingerprint density at radius 3 is 2.62 bits per heavy atom. The monoisotopic (exact) mass is 219 g/mol. The van der Waals surface area contributed by atoms with Crippen LogP contribution in [-0.4, -0.2) is 10.1 Å². The second kappa shape index (κ2) is 4.54. The molecule has 1 heterocycles. The first-order valence-electron chi connectivity index (χ1n) is 6.27. The molecule has 0 aromatic carbocycles. The molecule has 88 valence electrons. The van der Waals surface area contributed by atoms with Gasteiger partial charge in [-0.3, -0.25) is 4.98 Å². The lowest BCUT2D eigenvalue weighted by atomic mass is 9.75. The van der Waals surface area contributed by atoms with Crippen LogP contribution in [0.25, 0.3) is 0 Å². The summed E-state index contributed by atoms with van der Waals surface area (Å²) in [5.41, 5.74) is 2.22. The van der Waals surface area contributed by atoms with Crippen molar-refractivity contribution in [2.24, 2.45) is 5.41 Å². The smallest absolute Gasteiger partial charge is 0.0861 e. The van der Waals surface area contributed by atoms with E-state index in [1.165, 1.54) is 12.8 Å². The van der Waals surface area contributed by atoms with Gasteiger partial charge in [-0.2, -0.15) is 0 Å². The largest absolute Gasteiger partial charge is 0.388 e. The van der Waals surface area contributed by atoms with Crippen LogP contribution in [0.4, 0.5) is 0 Å². The molecule has 16 heavy (non-hydrogen) atoms. The fourth-order valence-electron chi connectivity index (χ4n) is 2.98. The van der Waals surface area contributed by atoms with Gasteiger partial charge in [0.15, 0.2) is 0 Å². The number of hydrogen-bond donors (Lipinski definition) is 1. The first kappa shape index (κ1) is 11.6. The lowest BCUT2D eigenvalue weighted by Gasteiger charge is -2.33. The number of aliphatic hydroxyl groups is 1. The Hall–Kier alpha value is -0.890. The zero-order chi connectivity index (χ0) is 11.6. The Labute approximate surface area is 97.7 Å². The molecule has 0 amide bonds. The van der Waals surface area contributed by atoms with Crippen molar-refractivity contribution in [1.82, 2.24) is 4.98 Å². The summed E-state index contributed by atoms with van der Waals surface area (Å²) < 4.78 is 0. The van der Waals surface area contributed by atoms with Crippen LogP contribution in [0.3, 0.4) is 0 Å². The van der Waals surface area contributed by atoms with E-state index in [9.17, 15) is 5.11 Å². The predicted molar refractivity (Wildman–Crippen MR) is 65.1 cm³/mol. The van der Waals surface area contributed by atoms with Gasteiger partial charge in [-0.25, -0.2) is 0 Å². The first-order valence-corrected chi connectivity index (χ1v) is 6.27. The molecule has 1 atom stereocenters. The van der Waals surface area contributed by atoms with Crippen LogP contribution < -0.4 is 0 Å². The van der Waals surface area contributed by atoms with Gasteiger partial charge in [0.2, 0.25) is 0 Å². The number of aryl methyl sites for hydroxylation is 1. The van der Waals surface area contributed by atoms with E-state index in [2.05, 4.69) is 18.0 Å². The van der Waals surface area contributed by atoms with Crippen LogP contribution in [0.15, 0.2) is 18.5 Å². The van der Waals surface area contributed by atoms with E-state index in [1.807, 2.05) is 19.3 Å². The zero-order valence-corrected chi connectivity index (χ0v) is 10.2. The molecule has 0 spiro atoms. The van der Waals surface area contributed by atoms with Crippen LogP contribution in [0.2, 0.25) is 0 Å². The van der Waals surface area contributed by atoms with Gasteiger partial charge >= 0.3 is 0 Å². The van der Waals surface area contributed by atoms with Crippen LogP contribution >= 0.6 is 0 Å². The van der Waals surface area contributed by atoms with E-state index < -0.39 is 0 Å². The summed E-state index contributed by atoms with van der Waals surface area (Å²) >= 11 is 0. The molecule has 0 saturated heterocycles. The molecule has 0 aliphatic heterocycles. The molecule has 1 aromatic heterocycles. The van der Waals surface area contributed by atoms with E-state index in [1.54, 1.807) is 0 Å². The Morgan fingerprint density at radius 1 is 1.38 bits per heavy atom. The van der Waals surface area contributed by atoms with Crippen molar-refractivity contribution in [2.75, 3.05) is 0 Å². The van der Waals surface area contributed by atoms with Gasteiger partial charge in [-0.1, -0.05) is 25.8 Å². The van der Waals surface area contributed by atoms with Gasteiger partial charge in [0, 0.05) is 17.8 Å². The number of nitrogens with zero attached hydrogens (tertiary/aromatic N) is 1. The summed E-state index contributed by atoms with van der Waals surface area (Å²) in [5, 5.41) is 10.6. The lowest BCUT2D eigenvalue weighted by molar-refractivity contribution is 0.0235. The van der Waals surface area contributed by atoms with E-state index in [0.717, 1.165) is 30.4 Å². The predicted octanol–water partition coefficient (Wildman–Crippen LogP) is 3.39. The molecule has 2 nitrogen and oxygen atoms in total. The molecule has 0 bridgehead atoms. The molecule has 1 N–H and O–H groups in total. The Kier molecular flexibility index (Phi) is 3.29. The highest BCUT2D eigenvalue weighted by Crippen LogP contribution is 2.49.